The topological polar surface area (TPSA) is 35.8 Å². The lowest BCUT2D eigenvalue weighted by Crippen LogP contribution is -2.42. The van der Waals surface area contributed by atoms with Crippen molar-refractivity contribution in [3.63, 3.8) is 0 Å². The lowest BCUT2D eigenvalue weighted by Gasteiger charge is -2.28. The van der Waals surface area contributed by atoms with E-state index in [-0.39, 0.29) is 5.54 Å². The van der Waals surface area contributed by atoms with E-state index < -0.39 is 0 Å². The van der Waals surface area contributed by atoms with Gasteiger partial charge in [-0.25, -0.2) is 0 Å². The Labute approximate surface area is 117 Å². The van der Waals surface area contributed by atoms with Crippen molar-refractivity contribution in [2.24, 2.45) is 5.92 Å². The molecule has 1 saturated carbocycles. The summed E-state index contributed by atoms with van der Waals surface area (Å²) in [6, 6.07) is 2.44. The van der Waals surface area contributed by atoms with Gasteiger partial charge in [0.15, 0.2) is 0 Å². The Kier molecular flexibility index (Phi) is 7.11. The Morgan fingerprint density at radius 2 is 2.22 bits per heavy atom. The molecule has 0 heterocycles. The van der Waals surface area contributed by atoms with Gasteiger partial charge in [0.05, 0.1) is 6.07 Å². The highest BCUT2D eigenvalue weighted by molar-refractivity contribution is 7.99. The minimum Gasteiger partial charge on any atom is -0.300 e. The summed E-state index contributed by atoms with van der Waals surface area (Å²) in [5.74, 6) is 2.01. The van der Waals surface area contributed by atoms with Crippen molar-refractivity contribution >= 4 is 11.8 Å². The van der Waals surface area contributed by atoms with Gasteiger partial charge in [0.25, 0.3) is 0 Å². The average molecular weight is 268 g/mol. The van der Waals surface area contributed by atoms with Crippen LogP contribution in [0.15, 0.2) is 0 Å². The molecule has 1 aliphatic rings. The highest BCUT2D eigenvalue weighted by Gasteiger charge is 2.24. The van der Waals surface area contributed by atoms with Gasteiger partial charge < -0.3 is 0 Å². The third-order valence-corrected chi connectivity index (χ3v) is 5.20. The number of nitrogens with zero attached hydrogens (tertiary/aromatic N) is 1. The van der Waals surface area contributed by atoms with E-state index in [1.165, 1.54) is 25.7 Å². The Morgan fingerprint density at radius 1 is 1.44 bits per heavy atom. The summed E-state index contributed by atoms with van der Waals surface area (Å²) < 4.78 is 0. The van der Waals surface area contributed by atoms with Gasteiger partial charge in [-0.1, -0.05) is 26.7 Å². The van der Waals surface area contributed by atoms with Gasteiger partial charge in [-0.05, 0) is 50.8 Å². The largest absolute Gasteiger partial charge is 0.300 e. The molecule has 3 heteroatoms. The zero-order valence-electron chi connectivity index (χ0n) is 12.2. The van der Waals surface area contributed by atoms with Crippen LogP contribution in [0.4, 0.5) is 0 Å². The van der Waals surface area contributed by atoms with Crippen molar-refractivity contribution in [1.29, 1.82) is 5.26 Å². The van der Waals surface area contributed by atoms with Crippen LogP contribution < -0.4 is 5.32 Å². The van der Waals surface area contributed by atoms with Crippen molar-refractivity contribution in [2.75, 3.05) is 12.3 Å². The van der Waals surface area contributed by atoms with Crippen LogP contribution in [0.3, 0.4) is 0 Å². The molecule has 1 N–H and O–H groups in total. The molecule has 0 aromatic rings. The summed E-state index contributed by atoms with van der Waals surface area (Å²) >= 11 is 2.09. The molecule has 104 valence electrons. The summed E-state index contributed by atoms with van der Waals surface area (Å²) in [5, 5.41) is 13.5. The van der Waals surface area contributed by atoms with E-state index in [1.807, 2.05) is 6.92 Å². The lowest BCUT2D eigenvalue weighted by molar-refractivity contribution is 0.393. The first kappa shape index (κ1) is 15.9. The van der Waals surface area contributed by atoms with Gasteiger partial charge in [-0.2, -0.15) is 17.0 Å². The highest BCUT2D eigenvalue weighted by Crippen LogP contribution is 2.32. The molecule has 0 bridgehead atoms. The molecule has 3 atom stereocenters. The van der Waals surface area contributed by atoms with Crippen LogP contribution >= 0.6 is 11.8 Å². The Hall–Kier alpha value is -0.200. The molecule has 1 fully saturated rings. The van der Waals surface area contributed by atoms with Gasteiger partial charge in [0.1, 0.15) is 5.54 Å². The van der Waals surface area contributed by atoms with Crippen LogP contribution in [-0.2, 0) is 0 Å². The lowest BCUT2D eigenvalue weighted by atomic mass is 9.91. The van der Waals surface area contributed by atoms with E-state index in [9.17, 15) is 5.26 Å². The summed E-state index contributed by atoms with van der Waals surface area (Å²) in [6.07, 6.45) is 7.59. The first-order valence-electron chi connectivity index (χ1n) is 7.37. The number of hydrogen-bond donors (Lipinski definition) is 1. The van der Waals surface area contributed by atoms with Crippen molar-refractivity contribution in [3.05, 3.63) is 0 Å². The SMILES string of the molecule is CCCNC(C)(C#N)CCSC1CCCC(C)C1. The smallest absolute Gasteiger partial charge is 0.104 e. The standard InChI is InChI=1S/C15H28N2S/c1-4-9-17-15(3,12-16)8-10-18-14-7-5-6-13(2)11-14/h13-14,17H,4-11H2,1-3H3. The Bertz CT molecular complexity index is 274. The summed E-state index contributed by atoms with van der Waals surface area (Å²) in [7, 11) is 0. The minimum atomic E-state index is -0.330. The zero-order valence-corrected chi connectivity index (χ0v) is 13.0. The molecule has 0 aromatic heterocycles. The average Bonchev–Trinajstić information content (AvgIpc) is 2.36. The summed E-state index contributed by atoms with van der Waals surface area (Å²) in [5.41, 5.74) is -0.330. The first-order chi connectivity index (χ1) is 8.59. The summed E-state index contributed by atoms with van der Waals surface area (Å²) in [6.45, 7) is 7.49. The molecule has 1 aliphatic carbocycles. The predicted molar refractivity (Wildman–Crippen MR) is 80.8 cm³/mol. The molecule has 0 saturated heterocycles. The number of rotatable bonds is 7. The second-order valence-electron chi connectivity index (χ2n) is 5.89. The maximum atomic E-state index is 9.27. The van der Waals surface area contributed by atoms with E-state index in [0.29, 0.717) is 0 Å². The molecule has 0 amide bonds. The normalized spacial score (nSPS) is 27.4. The predicted octanol–water partition coefficient (Wildman–Crippen LogP) is 3.97. The van der Waals surface area contributed by atoms with Crippen LogP contribution in [-0.4, -0.2) is 23.1 Å². The highest BCUT2D eigenvalue weighted by atomic mass is 32.2. The number of nitriles is 1. The molecular weight excluding hydrogens is 240 g/mol. The fraction of sp³-hybridized carbons (Fsp3) is 0.933. The second-order valence-corrected chi connectivity index (χ2v) is 7.29. The van der Waals surface area contributed by atoms with E-state index >= 15 is 0 Å². The quantitative estimate of drug-likeness (QED) is 0.759. The van der Waals surface area contributed by atoms with Crippen molar-refractivity contribution < 1.29 is 0 Å². The molecule has 2 nitrogen and oxygen atoms in total. The van der Waals surface area contributed by atoms with E-state index in [2.05, 4.69) is 37.0 Å². The third-order valence-electron chi connectivity index (χ3n) is 3.86. The Morgan fingerprint density at radius 3 is 2.83 bits per heavy atom. The molecule has 18 heavy (non-hydrogen) atoms. The minimum absolute atomic E-state index is 0.330. The number of hydrogen-bond acceptors (Lipinski definition) is 3. The van der Waals surface area contributed by atoms with Crippen LogP contribution in [0, 0.1) is 17.2 Å². The van der Waals surface area contributed by atoms with Crippen LogP contribution in [0.2, 0.25) is 0 Å². The molecule has 3 unspecified atom stereocenters. The van der Waals surface area contributed by atoms with Gasteiger partial charge in [0, 0.05) is 5.25 Å². The van der Waals surface area contributed by atoms with E-state index in [4.69, 9.17) is 0 Å². The Balaban J connectivity index is 2.24. The molecule has 1 rings (SSSR count). The van der Waals surface area contributed by atoms with E-state index in [0.717, 1.165) is 36.3 Å². The van der Waals surface area contributed by atoms with E-state index in [1.54, 1.807) is 0 Å². The van der Waals surface area contributed by atoms with Gasteiger partial charge in [0.2, 0.25) is 0 Å². The second kappa shape index (κ2) is 8.07. The molecule has 0 aliphatic heterocycles. The monoisotopic (exact) mass is 268 g/mol. The fourth-order valence-corrected chi connectivity index (χ4v) is 4.20. The van der Waals surface area contributed by atoms with Crippen molar-refractivity contribution in [3.8, 4) is 6.07 Å². The first-order valence-corrected chi connectivity index (χ1v) is 8.42. The zero-order chi connectivity index (χ0) is 13.4. The maximum Gasteiger partial charge on any atom is 0.104 e. The molecule has 0 radical (unpaired) electrons. The van der Waals surface area contributed by atoms with Gasteiger partial charge in [-0.3, -0.25) is 5.32 Å². The van der Waals surface area contributed by atoms with Crippen LogP contribution in [0.5, 0.6) is 0 Å². The van der Waals surface area contributed by atoms with Gasteiger partial charge in [-0.15, -0.1) is 0 Å². The molecular formula is C15H28N2S. The van der Waals surface area contributed by atoms with Crippen molar-refractivity contribution in [1.82, 2.24) is 5.32 Å². The van der Waals surface area contributed by atoms with Gasteiger partial charge >= 0.3 is 0 Å². The third kappa shape index (κ3) is 5.63. The number of thioether (sulfide) groups is 1. The molecule has 0 spiro atoms. The van der Waals surface area contributed by atoms with Crippen LogP contribution in [0.25, 0.3) is 0 Å². The molecule has 0 aromatic carbocycles. The summed E-state index contributed by atoms with van der Waals surface area (Å²) in [4.78, 5) is 0. The maximum absolute atomic E-state index is 9.27. The fourth-order valence-electron chi connectivity index (χ4n) is 2.54. The van der Waals surface area contributed by atoms with Crippen LogP contribution in [0.1, 0.15) is 59.3 Å². The van der Waals surface area contributed by atoms with Crippen molar-refractivity contribution in [2.45, 2.75) is 70.1 Å². The number of nitrogens with one attached hydrogen (secondary N) is 1.